The summed E-state index contributed by atoms with van der Waals surface area (Å²) in [6.07, 6.45) is 0.0924. The summed E-state index contributed by atoms with van der Waals surface area (Å²) in [5.74, 6) is -0.584. The Balaban J connectivity index is 1.82. The van der Waals surface area contributed by atoms with Crippen molar-refractivity contribution in [1.29, 1.82) is 0 Å². The number of nitrogens with zero attached hydrogens (tertiary/aromatic N) is 1. The lowest BCUT2D eigenvalue weighted by atomic mass is 10.2. The lowest BCUT2D eigenvalue weighted by molar-refractivity contribution is -0.121. The Morgan fingerprint density at radius 3 is 2.39 bits per heavy atom. The predicted octanol–water partition coefficient (Wildman–Crippen LogP) is 4.50. The monoisotopic (exact) mass is 412 g/mol. The molecule has 1 atom stereocenters. The Morgan fingerprint density at radius 1 is 1.04 bits per heavy atom. The van der Waals surface area contributed by atoms with Crippen LogP contribution in [0.1, 0.15) is 6.42 Å². The number of nitrogens with one attached hydrogen (secondary N) is 1. The molecule has 0 radical (unpaired) electrons. The van der Waals surface area contributed by atoms with Crippen molar-refractivity contribution in [3.63, 3.8) is 0 Å². The summed E-state index contributed by atoms with van der Waals surface area (Å²) in [5, 5.41) is 3.76. The highest BCUT2D eigenvalue weighted by atomic mass is 79.9. The van der Waals surface area contributed by atoms with Gasteiger partial charge in [0, 0.05) is 10.2 Å². The van der Waals surface area contributed by atoms with Gasteiger partial charge < -0.3 is 5.32 Å². The van der Waals surface area contributed by atoms with E-state index in [0.29, 0.717) is 15.7 Å². The molecule has 7 heteroatoms. The van der Waals surface area contributed by atoms with Gasteiger partial charge in [0.2, 0.25) is 5.91 Å². The maximum atomic E-state index is 12.5. The molecule has 0 unspecified atom stereocenters. The number of imide groups is 1. The average Bonchev–Trinajstić information content (AvgIpc) is 2.79. The van der Waals surface area contributed by atoms with Gasteiger partial charge in [-0.2, -0.15) is 0 Å². The number of hydrogen-bond acceptors (Lipinski definition) is 3. The number of halogens is 3. The van der Waals surface area contributed by atoms with Crippen LogP contribution in [-0.2, 0) is 9.59 Å². The summed E-state index contributed by atoms with van der Waals surface area (Å²) < 4.78 is 0.939. The molecule has 1 aliphatic heterocycles. The van der Waals surface area contributed by atoms with Crippen LogP contribution in [0, 0.1) is 0 Å². The fourth-order valence-electron chi connectivity index (χ4n) is 2.39. The van der Waals surface area contributed by atoms with Crippen molar-refractivity contribution < 1.29 is 9.59 Å². The first-order valence-electron chi connectivity index (χ1n) is 6.79. The Hall–Kier alpha value is -1.56. The number of benzene rings is 2. The number of carbonyl (C=O) groups is 2. The summed E-state index contributed by atoms with van der Waals surface area (Å²) in [5.41, 5.74) is 1.20. The van der Waals surface area contributed by atoms with Gasteiger partial charge in [0.1, 0.15) is 6.04 Å². The molecule has 2 amide bonds. The number of rotatable bonds is 3. The molecule has 118 valence electrons. The van der Waals surface area contributed by atoms with Gasteiger partial charge in [0.25, 0.3) is 5.91 Å². The second kappa shape index (κ2) is 6.51. The van der Waals surface area contributed by atoms with E-state index in [2.05, 4.69) is 21.2 Å². The highest BCUT2D eigenvalue weighted by Gasteiger charge is 2.39. The van der Waals surface area contributed by atoms with Gasteiger partial charge in [-0.15, -0.1) is 0 Å². The molecule has 1 aliphatic rings. The summed E-state index contributed by atoms with van der Waals surface area (Å²) in [4.78, 5) is 25.9. The largest absolute Gasteiger partial charge is 0.373 e. The molecule has 1 fully saturated rings. The third kappa shape index (κ3) is 3.37. The highest BCUT2D eigenvalue weighted by molar-refractivity contribution is 9.10. The van der Waals surface area contributed by atoms with Crippen LogP contribution in [0.5, 0.6) is 0 Å². The molecule has 1 heterocycles. The Bertz CT molecular complexity index is 780. The van der Waals surface area contributed by atoms with Gasteiger partial charge >= 0.3 is 0 Å². The SMILES string of the molecule is O=C1C[C@H](Nc2ccc(Br)cc2)C(=O)N1c1ccc(Cl)c(Cl)c1. The van der Waals surface area contributed by atoms with Crippen LogP contribution in [0.2, 0.25) is 10.0 Å². The molecule has 23 heavy (non-hydrogen) atoms. The minimum Gasteiger partial charge on any atom is -0.373 e. The van der Waals surface area contributed by atoms with Crippen molar-refractivity contribution in [2.75, 3.05) is 10.2 Å². The van der Waals surface area contributed by atoms with E-state index in [1.165, 1.54) is 6.07 Å². The molecule has 1 saturated heterocycles. The first-order chi connectivity index (χ1) is 11.0. The Labute approximate surface area is 151 Å². The number of anilines is 2. The van der Waals surface area contributed by atoms with E-state index in [-0.39, 0.29) is 18.2 Å². The van der Waals surface area contributed by atoms with Gasteiger partial charge in [-0.3, -0.25) is 9.59 Å². The predicted molar refractivity (Wildman–Crippen MR) is 95.1 cm³/mol. The van der Waals surface area contributed by atoms with E-state index >= 15 is 0 Å². The third-order valence-corrected chi connectivity index (χ3v) is 4.76. The molecule has 2 aromatic rings. The van der Waals surface area contributed by atoms with Gasteiger partial charge in [0.05, 0.1) is 22.2 Å². The van der Waals surface area contributed by atoms with Crippen molar-refractivity contribution in [3.8, 4) is 0 Å². The molecule has 1 N–H and O–H groups in total. The van der Waals surface area contributed by atoms with Crippen LogP contribution in [-0.4, -0.2) is 17.9 Å². The fraction of sp³-hybridized carbons (Fsp3) is 0.125. The van der Waals surface area contributed by atoms with Crippen LogP contribution in [0.25, 0.3) is 0 Å². The Kier molecular flexibility index (Phi) is 4.62. The normalized spacial score (nSPS) is 17.7. The standard InChI is InChI=1S/C16H11BrCl2N2O2/c17-9-1-3-10(4-2-9)20-14-8-15(22)21(16(14)23)11-5-6-12(18)13(19)7-11/h1-7,14,20H,8H2/t14-/m0/s1. The van der Waals surface area contributed by atoms with Crippen LogP contribution < -0.4 is 10.2 Å². The van der Waals surface area contributed by atoms with Crippen molar-refractivity contribution in [3.05, 3.63) is 57.0 Å². The van der Waals surface area contributed by atoms with Crippen LogP contribution in [0.3, 0.4) is 0 Å². The molecular formula is C16H11BrCl2N2O2. The Morgan fingerprint density at radius 2 is 1.74 bits per heavy atom. The lowest BCUT2D eigenvalue weighted by Crippen LogP contribution is -2.34. The number of carbonyl (C=O) groups excluding carboxylic acids is 2. The van der Waals surface area contributed by atoms with Gasteiger partial charge in [-0.1, -0.05) is 39.1 Å². The minimum atomic E-state index is -0.599. The quantitative estimate of drug-likeness (QED) is 0.753. The van der Waals surface area contributed by atoms with Crippen molar-refractivity contribution in [2.45, 2.75) is 12.5 Å². The first kappa shape index (κ1) is 16.3. The zero-order valence-electron chi connectivity index (χ0n) is 11.7. The summed E-state index contributed by atoms with van der Waals surface area (Å²) in [6.45, 7) is 0. The van der Waals surface area contributed by atoms with Crippen molar-refractivity contribution >= 4 is 62.3 Å². The summed E-state index contributed by atoms with van der Waals surface area (Å²) >= 11 is 15.2. The molecular weight excluding hydrogens is 403 g/mol. The lowest BCUT2D eigenvalue weighted by Gasteiger charge is -2.16. The third-order valence-electron chi connectivity index (χ3n) is 3.49. The van der Waals surface area contributed by atoms with E-state index < -0.39 is 6.04 Å². The van der Waals surface area contributed by atoms with Crippen LogP contribution in [0.4, 0.5) is 11.4 Å². The van der Waals surface area contributed by atoms with Crippen molar-refractivity contribution in [2.24, 2.45) is 0 Å². The smallest absolute Gasteiger partial charge is 0.256 e. The van der Waals surface area contributed by atoms with E-state index in [9.17, 15) is 9.59 Å². The van der Waals surface area contributed by atoms with Gasteiger partial charge in [0.15, 0.2) is 0 Å². The molecule has 3 rings (SSSR count). The zero-order valence-corrected chi connectivity index (χ0v) is 14.8. The van der Waals surface area contributed by atoms with E-state index in [4.69, 9.17) is 23.2 Å². The topological polar surface area (TPSA) is 49.4 Å². The fourth-order valence-corrected chi connectivity index (χ4v) is 2.94. The molecule has 0 aliphatic carbocycles. The minimum absolute atomic E-state index is 0.0924. The molecule has 0 aromatic heterocycles. The molecule has 4 nitrogen and oxygen atoms in total. The first-order valence-corrected chi connectivity index (χ1v) is 8.34. The van der Waals surface area contributed by atoms with E-state index in [0.717, 1.165) is 15.1 Å². The summed E-state index contributed by atoms with van der Waals surface area (Å²) in [6, 6.07) is 11.5. The zero-order chi connectivity index (χ0) is 16.6. The maximum Gasteiger partial charge on any atom is 0.256 e. The molecule has 0 bridgehead atoms. The second-order valence-corrected chi connectivity index (χ2v) is 6.80. The van der Waals surface area contributed by atoms with E-state index in [1.54, 1.807) is 12.1 Å². The average molecular weight is 414 g/mol. The summed E-state index contributed by atoms with van der Waals surface area (Å²) in [7, 11) is 0. The highest BCUT2D eigenvalue weighted by Crippen LogP contribution is 2.31. The number of amides is 2. The van der Waals surface area contributed by atoms with E-state index in [1.807, 2.05) is 24.3 Å². The second-order valence-electron chi connectivity index (χ2n) is 5.07. The van der Waals surface area contributed by atoms with Crippen molar-refractivity contribution in [1.82, 2.24) is 0 Å². The molecule has 0 saturated carbocycles. The van der Waals surface area contributed by atoms with Gasteiger partial charge in [-0.25, -0.2) is 4.90 Å². The molecule has 2 aromatic carbocycles. The molecule has 0 spiro atoms. The number of hydrogen-bond donors (Lipinski definition) is 1. The maximum absolute atomic E-state index is 12.5. The van der Waals surface area contributed by atoms with Crippen LogP contribution in [0.15, 0.2) is 46.9 Å². The van der Waals surface area contributed by atoms with Gasteiger partial charge in [-0.05, 0) is 42.5 Å². The van der Waals surface area contributed by atoms with Crippen LogP contribution >= 0.6 is 39.1 Å².